The predicted molar refractivity (Wildman–Crippen MR) is 93.0 cm³/mol. The summed E-state index contributed by atoms with van der Waals surface area (Å²) in [5, 5.41) is 7.64. The first kappa shape index (κ1) is 18.6. The van der Waals surface area contributed by atoms with Gasteiger partial charge in [0.2, 0.25) is 15.9 Å². The molecular weight excluding hydrogens is 347 g/mol. The maximum atomic E-state index is 13.7. The van der Waals surface area contributed by atoms with Crippen LogP contribution in [0.1, 0.15) is 12.5 Å². The monoisotopic (exact) mass is 364 g/mol. The van der Waals surface area contributed by atoms with Crippen LogP contribution in [0.15, 0.2) is 53.4 Å². The molecule has 0 aliphatic rings. The van der Waals surface area contributed by atoms with E-state index < -0.39 is 21.7 Å². The minimum Gasteiger partial charge on any atom is -0.495 e. The maximum absolute atomic E-state index is 13.7. The molecule has 0 aliphatic carbocycles. The van der Waals surface area contributed by atoms with Crippen molar-refractivity contribution in [2.45, 2.75) is 11.8 Å². The first-order valence-electron chi connectivity index (χ1n) is 7.17. The molecule has 1 amide bonds. The van der Waals surface area contributed by atoms with Crippen molar-refractivity contribution in [3.8, 4) is 5.75 Å². The number of anilines is 1. The number of nitrogens with one attached hydrogen (secondary N) is 1. The Morgan fingerprint density at radius 3 is 2.52 bits per heavy atom. The Balaban J connectivity index is 2.27. The van der Waals surface area contributed by atoms with Gasteiger partial charge >= 0.3 is 0 Å². The predicted octanol–water partition coefficient (Wildman–Crippen LogP) is 2.52. The van der Waals surface area contributed by atoms with E-state index in [9.17, 15) is 17.6 Å². The zero-order valence-electron chi connectivity index (χ0n) is 13.6. The standard InChI is InChI=1S/C17H17FN2O4S/c1-11(13-5-3-4-6-14(13)18)9-17(21)20-12-7-8-15(24-2)16(10-12)25(19,22)23/h3-10H,1-2H3,(H,20,21)(H2,19,22,23)/b11-9-. The van der Waals surface area contributed by atoms with Crippen molar-refractivity contribution in [3.05, 3.63) is 59.9 Å². The van der Waals surface area contributed by atoms with Gasteiger partial charge in [-0.25, -0.2) is 17.9 Å². The minimum absolute atomic E-state index is 0.0681. The van der Waals surface area contributed by atoms with Crippen molar-refractivity contribution >= 4 is 27.2 Å². The van der Waals surface area contributed by atoms with Gasteiger partial charge in [0.15, 0.2) is 0 Å². The number of benzene rings is 2. The number of nitrogens with two attached hydrogens (primary N) is 1. The van der Waals surface area contributed by atoms with Gasteiger partial charge in [-0.2, -0.15) is 0 Å². The zero-order chi connectivity index (χ0) is 18.6. The number of carbonyl (C=O) groups excluding carboxylic acids is 1. The fourth-order valence-electron chi connectivity index (χ4n) is 2.21. The van der Waals surface area contributed by atoms with E-state index in [1.807, 2.05) is 0 Å². The summed E-state index contributed by atoms with van der Waals surface area (Å²) in [7, 11) is -2.71. The summed E-state index contributed by atoms with van der Waals surface area (Å²) in [6.45, 7) is 1.60. The third-order valence-electron chi connectivity index (χ3n) is 3.38. The molecular formula is C17H17FN2O4S. The number of halogens is 1. The van der Waals surface area contributed by atoms with Crippen LogP contribution in [0.3, 0.4) is 0 Å². The quantitative estimate of drug-likeness (QED) is 0.797. The average molecular weight is 364 g/mol. The second kappa shape index (κ2) is 7.45. The normalized spacial score (nSPS) is 11.9. The third-order valence-corrected chi connectivity index (χ3v) is 4.32. The van der Waals surface area contributed by atoms with Crippen molar-refractivity contribution in [1.29, 1.82) is 0 Å². The lowest BCUT2D eigenvalue weighted by atomic mass is 10.1. The molecule has 0 unspecified atom stereocenters. The largest absolute Gasteiger partial charge is 0.495 e. The molecule has 2 rings (SSSR count). The Hall–Kier alpha value is -2.71. The number of carbonyl (C=O) groups is 1. The number of hydrogen-bond acceptors (Lipinski definition) is 4. The van der Waals surface area contributed by atoms with Crippen LogP contribution in [0.25, 0.3) is 5.57 Å². The highest BCUT2D eigenvalue weighted by atomic mass is 32.2. The number of hydrogen-bond donors (Lipinski definition) is 2. The molecule has 0 atom stereocenters. The lowest BCUT2D eigenvalue weighted by Gasteiger charge is -2.10. The molecule has 0 saturated carbocycles. The van der Waals surface area contributed by atoms with Crippen molar-refractivity contribution in [2.75, 3.05) is 12.4 Å². The number of primary sulfonamides is 1. The Bertz CT molecular complexity index is 939. The summed E-state index contributed by atoms with van der Waals surface area (Å²) in [5.74, 6) is -0.908. The molecule has 2 aromatic carbocycles. The minimum atomic E-state index is -4.02. The number of allylic oxidation sites excluding steroid dienone is 1. The molecule has 0 saturated heterocycles. The molecule has 0 fully saturated rings. The molecule has 0 aliphatic heterocycles. The maximum Gasteiger partial charge on any atom is 0.248 e. The van der Waals surface area contributed by atoms with E-state index in [1.165, 1.54) is 37.5 Å². The van der Waals surface area contributed by atoms with Crippen LogP contribution in [-0.4, -0.2) is 21.4 Å². The molecule has 0 radical (unpaired) electrons. The van der Waals surface area contributed by atoms with Crippen LogP contribution in [0, 0.1) is 5.82 Å². The van der Waals surface area contributed by atoms with Crippen LogP contribution in [0.5, 0.6) is 5.75 Å². The van der Waals surface area contributed by atoms with Gasteiger partial charge in [-0.05, 0) is 36.8 Å². The van der Waals surface area contributed by atoms with E-state index >= 15 is 0 Å². The molecule has 0 bridgehead atoms. The van der Waals surface area contributed by atoms with Gasteiger partial charge in [0.1, 0.15) is 16.5 Å². The average Bonchev–Trinajstić information content (AvgIpc) is 2.54. The number of sulfonamides is 1. The third kappa shape index (κ3) is 4.65. The lowest BCUT2D eigenvalue weighted by Crippen LogP contribution is -2.15. The summed E-state index contributed by atoms with van der Waals surface area (Å²) >= 11 is 0. The summed E-state index contributed by atoms with van der Waals surface area (Å²) in [6, 6.07) is 10.1. The fraction of sp³-hybridized carbons (Fsp3) is 0.118. The SMILES string of the molecule is COc1ccc(NC(=O)/C=C(/C)c2ccccc2F)cc1S(N)(=O)=O. The van der Waals surface area contributed by atoms with Gasteiger partial charge in [0.25, 0.3) is 0 Å². The van der Waals surface area contributed by atoms with Crippen molar-refractivity contribution in [3.63, 3.8) is 0 Å². The summed E-state index contributed by atoms with van der Waals surface area (Å²) in [6.07, 6.45) is 1.22. The van der Waals surface area contributed by atoms with Gasteiger partial charge in [-0.1, -0.05) is 18.2 Å². The summed E-state index contributed by atoms with van der Waals surface area (Å²) < 4.78 is 41.8. The zero-order valence-corrected chi connectivity index (χ0v) is 14.4. The Labute approximate surface area is 145 Å². The van der Waals surface area contributed by atoms with Crippen molar-refractivity contribution < 1.29 is 22.3 Å². The molecule has 6 nitrogen and oxygen atoms in total. The molecule has 0 heterocycles. The first-order valence-corrected chi connectivity index (χ1v) is 8.72. The molecule has 3 N–H and O–H groups in total. The topological polar surface area (TPSA) is 98.5 Å². The molecule has 0 spiro atoms. The number of amides is 1. The van der Waals surface area contributed by atoms with Gasteiger partial charge in [-0.15, -0.1) is 0 Å². The van der Waals surface area contributed by atoms with Gasteiger partial charge < -0.3 is 10.1 Å². The lowest BCUT2D eigenvalue weighted by molar-refractivity contribution is -0.111. The second-order valence-electron chi connectivity index (χ2n) is 5.21. The number of methoxy groups -OCH3 is 1. The van der Waals surface area contributed by atoms with Crippen LogP contribution in [0.2, 0.25) is 0 Å². The highest BCUT2D eigenvalue weighted by Gasteiger charge is 2.16. The Morgan fingerprint density at radius 2 is 1.92 bits per heavy atom. The van der Waals surface area contributed by atoms with Crippen LogP contribution in [-0.2, 0) is 14.8 Å². The first-order chi connectivity index (χ1) is 11.7. The van der Waals surface area contributed by atoms with E-state index in [1.54, 1.807) is 25.1 Å². The van der Waals surface area contributed by atoms with Crippen molar-refractivity contribution in [1.82, 2.24) is 0 Å². The fourth-order valence-corrected chi connectivity index (χ4v) is 2.93. The Morgan fingerprint density at radius 1 is 1.24 bits per heavy atom. The van der Waals surface area contributed by atoms with Crippen LogP contribution >= 0.6 is 0 Å². The molecule has 8 heteroatoms. The second-order valence-corrected chi connectivity index (χ2v) is 6.74. The van der Waals surface area contributed by atoms with Crippen LogP contribution < -0.4 is 15.2 Å². The Kier molecular flexibility index (Phi) is 5.55. The highest BCUT2D eigenvalue weighted by molar-refractivity contribution is 7.89. The molecule has 2 aromatic rings. The number of ether oxygens (including phenoxy) is 1. The molecule has 0 aromatic heterocycles. The molecule has 132 valence electrons. The van der Waals surface area contributed by atoms with Gasteiger partial charge in [-0.3, -0.25) is 4.79 Å². The van der Waals surface area contributed by atoms with E-state index in [4.69, 9.17) is 9.88 Å². The van der Waals surface area contributed by atoms with E-state index in [-0.39, 0.29) is 16.3 Å². The van der Waals surface area contributed by atoms with Crippen LogP contribution in [0.4, 0.5) is 10.1 Å². The highest BCUT2D eigenvalue weighted by Crippen LogP contribution is 2.26. The van der Waals surface area contributed by atoms with Gasteiger partial charge in [0, 0.05) is 17.3 Å². The molecule has 25 heavy (non-hydrogen) atoms. The van der Waals surface area contributed by atoms with E-state index in [0.29, 0.717) is 11.1 Å². The smallest absolute Gasteiger partial charge is 0.248 e. The number of rotatable bonds is 5. The van der Waals surface area contributed by atoms with E-state index in [2.05, 4.69) is 5.32 Å². The van der Waals surface area contributed by atoms with Gasteiger partial charge in [0.05, 0.1) is 7.11 Å². The van der Waals surface area contributed by atoms with Crippen molar-refractivity contribution in [2.24, 2.45) is 5.14 Å². The van der Waals surface area contributed by atoms with E-state index in [0.717, 1.165) is 0 Å². The summed E-state index contributed by atoms with van der Waals surface area (Å²) in [4.78, 5) is 11.9. The summed E-state index contributed by atoms with van der Waals surface area (Å²) in [5.41, 5.74) is 0.945.